The summed E-state index contributed by atoms with van der Waals surface area (Å²) >= 11 is 1.58. The van der Waals surface area contributed by atoms with Crippen molar-refractivity contribution in [1.29, 1.82) is 0 Å². The Morgan fingerprint density at radius 2 is 1.45 bits per heavy atom. The van der Waals surface area contributed by atoms with Crippen LogP contribution in [0.1, 0.15) is 71.1 Å². The summed E-state index contributed by atoms with van der Waals surface area (Å²) in [6, 6.07) is 0. The molecule has 0 aliphatic heterocycles. The van der Waals surface area contributed by atoms with Gasteiger partial charge in [0.25, 0.3) is 5.17 Å². The first kappa shape index (κ1) is 22.1. The minimum atomic E-state index is -3.12. The van der Waals surface area contributed by atoms with E-state index < -0.39 is 8.25 Å². The van der Waals surface area contributed by atoms with Crippen molar-refractivity contribution in [3.05, 3.63) is 0 Å². The molecule has 0 bridgehead atoms. The van der Waals surface area contributed by atoms with Crippen molar-refractivity contribution in [2.24, 2.45) is 5.73 Å². The molecule has 1 atom stereocenters. The molecule has 0 fully saturated rings. The fraction of sp³-hybridized carbons (Fsp3) is 0.923. The minimum Gasteiger partial charge on any atom is -0.567 e. The third-order valence-electron chi connectivity index (χ3n) is 2.77. The Hall–Kier alpha value is -0.160. The Kier molecular flexibility index (Phi) is 20.8. The van der Waals surface area contributed by atoms with Gasteiger partial charge in [-0.2, -0.15) is 4.89 Å². The number of thioether (sulfide) groups is 1. The van der Waals surface area contributed by atoms with Crippen LogP contribution in [0.5, 0.6) is 0 Å². The van der Waals surface area contributed by atoms with Crippen molar-refractivity contribution >= 4 is 25.2 Å². The Morgan fingerprint density at radius 1 is 1.10 bits per heavy atom. The smallest absolute Gasteiger partial charge is 0.485 e. The fourth-order valence-corrected chi connectivity index (χ4v) is 2.36. The molecule has 0 aromatic rings. The van der Waals surface area contributed by atoms with Crippen LogP contribution in [0.15, 0.2) is 0 Å². The maximum Gasteiger partial charge on any atom is 0.485 e. The van der Waals surface area contributed by atoms with Gasteiger partial charge in [0.15, 0.2) is 0 Å². The summed E-state index contributed by atoms with van der Waals surface area (Å²) in [5.41, 5.74) is 5.37. The largest absolute Gasteiger partial charge is 0.567 e. The highest BCUT2D eigenvalue weighted by Gasteiger charge is 1.96. The highest BCUT2D eigenvalue weighted by Crippen LogP contribution is 2.11. The third kappa shape index (κ3) is 30.7. The Balaban J connectivity index is 0. The van der Waals surface area contributed by atoms with Crippen LogP contribution < -0.4 is 16.0 Å². The van der Waals surface area contributed by atoms with E-state index in [0.717, 1.165) is 5.75 Å². The van der Waals surface area contributed by atoms with E-state index >= 15 is 0 Å². The number of nitrogens with two attached hydrogens (primary N) is 2. The van der Waals surface area contributed by atoms with Crippen molar-refractivity contribution in [2.45, 2.75) is 71.1 Å². The summed E-state index contributed by atoms with van der Waals surface area (Å²) < 4.78 is 8.59. The number of hydrogen-bond acceptors (Lipinski definition) is 3. The summed E-state index contributed by atoms with van der Waals surface area (Å²) in [4.78, 5) is 15.6. The van der Waals surface area contributed by atoms with E-state index in [9.17, 15) is 0 Å². The second-order valence-corrected chi connectivity index (χ2v) is 6.31. The third-order valence-corrected chi connectivity index (χ3v) is 3.59. The molecule has 0 saturated carbocycles. The lowest BCUT2D eigenvalue weighted by Crippen LogP contribution is -2.43. The fourth-order valence-electron chi connectivity index (χ4n) is 1.78. The van der Waals surface area contributed by atoms with E-state index in [1.807, 2.05) is 0 Å². The molecule has 7 heteroatoms. The molecular weight excluding hydrogens is 295 g/mol. The Morgan fingerprint density at radius 3 is 1.80 bits per heavy atom. The summed E-state index contributed by atoms with van der Waals surface area (Å²) in [6.45, 7) is 2.27. The second-order valence-electron chi connectivity index (χ2n) is 4.67. The molecule has 0 aliphatic carbocycles. The quantitative estimate of drug-likeness (QED) is 0.232. The molecule has 1 unspecified atom stereocenters. The summed E-state index contributed by atoms with van der Waals surface area (Å²) in [5.74, 6) is 1.08. The van der Waals surface area contributed by atoms with Gasteiger partial charge in [0.2, 0.25) is 0 Å². The molecule has 0 heterocycles. The molecule has 0 amide bonds. The average molecular weight is 325 g/mol. The van der Waals surface area contributed by atoms with E-state index in [2.05, 4.69) is 6.92 Å². The van der Waals surface area contributed by atoms with Crippen LogP contribution >= 0.6 is 20.0 Å². The molecular formula is C13H30N2O3PS+. The molecule has 5 nitrogen and oxygen atoms in total. The van der Waals surface area contributed by atoms with Gasteiger partial charge in [-0.05, 0) is 22.7 Å². The average Bonchev–Trinajstić information content (AvgIpc) is 2.35. The summed E-state index contributed by atoms with van der Waals surface area (Å²) in [5, 5.41) is 5.88. The van der Waals surface area contributed by atoms with Gasteiger partial charge in [0, 0.05) is 5.75 Å². The van der Waals surface area contributed by atoms with Crippen molar-refractivity contribution in [2.75, 3.05) is 5.75 Å². The van der Waals surface area contributed by atoms with Gasteiger partial charge >= 0.3 is 8.25 Å². The molecule has 0 aromatic carbocycles. The zero-order valence-electron chi connectivity index (χ0n) is 12.6. The van der Waals surface area contributed by atoms with Crippen LogP contribution in [-0.4, -0.2) is 15.8 Å². The zero-order valence-corrected chi connectivity index (χ0v) is 14.3. The maximum absolute atomic E-state index is 8.59. The molecule has 0 radical (unpaired) electrons. The molecule has 0 rings (SSSR count). The molecule has 120 valence electrons. The monoisotopic (exact) mass is 325 g/mol. The van der Waals surface area contributed by atoms with Crippen LogP contribution in [0.25, 0.3) is 0 Å². The van der Waals surface area contributed by atoms with E-state index in [-0.39, 0.29) is 0 Å². The molecule has 0 aliphatic rings. The molecule has 0 saturated heterocycles. The zero-order chi connectivity index (χ0) is 15.6. The van der Waals surface area contributed by atoms with Crippen molar-refractivity contribution < 1.29 is 19.8 Å². The van der Waals surface area contributed by atoms with Crippen LogP contribution in [0.3, 0.4) is 0 Å². The SMILES string of the molecule is CCCCCCCCCCCCSC(N)=[NH2+].O=[P+]([O-])O. The minimum absolute atomic E-state index is 0.510. The molecule has 20 heavy (non-hydrogen) atoms. The van der Waals surface area contributed by atoms with Crippen LogP contribution in [0.2, 0.25) is 0 Å². The lowest BCUT2D eigenvalue weighted by atomic mass is 10.1. The molecule has 0 aromatic heterocycles. The lowest BCUT2D eigenvalue weighted by Gasteiger charge is -2.01. The van der Waals surface area contributed by atoms with E-state index in [1.165, 1.54) is 64.2 Å². The number of rotatable bonds is 11. The first-order valence-corrected chi connectivity index (χ1v) is 9.46. The van der Waals surface area contributed by atoms with Gasteiger partial charge in [-0.25, -0.2) is 0 Å². The van der Waals surface area contributed by atoms with Gasteiger partial charge in [0.05, 0.1) is 0 Å². The summed E-state index contributed by atoms with van der Waals surface area (Å²) in [7, 11) is -3.12. The number of amidine groups is 1. The van der Waals surface area contributed by atoms with Gasteiger partial charge in [-0.15, -0.1) is 0 Å². The maximum atomic E-state index is 8.59. The van der Waals surface area contributed by atoms with Crippen molar-refractivity contribution in [3.63, 3.8) is 0 Å². The van der Waals surface area contributed by atoms with Gasteiger partial charge in [0.1, 0.15) is 0 Å². The normalized spacial score (nSPS) is 10.7. The predicted octanol–water partition coefficient (Wildman–Crippen LogP) is 1.71. The number of hydrogen-bond donors (Lipinski definition) is 3. The van der Waals surface area contributed by atoms with E-state index in [4.69, 9.17) is 25.5 Å². The van der Waals surface area contributed by atoms with E-state index in [1.54, 1.807) is 11.8 Å². The van der Waals surface area contributed by atoms with Crippen LogP contribution in [-0.2, 0) is 4.57 Å². The standard InChI is InChI=1S/C13H28N2S.HO3P/c1-2-3-4-5-6-7-8-9-10-11-12-16-13(14)15;1-4(2)3/h2-12H2,1H3,(H3,14,15);(H,1,2,3)/p+1. The predicted molar refractivity (Wildman–Crippen MR) is 85.2 cm³/mol. The Labute approximate surface area is 128 Å². The van der Waals surface area contributed by atoms with Crippen molar-refractivity contribution in [1.82, 2.24) is 0 Å². The van der Waals surface area contributed by atoms with Gasteiger partial charge in [-0.3, -0.25) is 11.1 Å². The van der Waals surface area contributed by atoms with Gasteiger partial charge in [-0.1, -0.05) is 64.7 Å². The highest BCUT2D eigenvalue weighted by molar-refractivity contribution is 8.13. The van der Waals surface area contributed by atoms with E-state index in [0.29, 0.717) is 5.17 Å². The van der Waals surface area contributed by atoms with Crippen LogP contribution in [0, 0.1) is 0 Å². The topological polar surface area (TPSA) is 112 Å². The van der Waals surface area contributed by atoms with Gasteiger partial charge < -0.3 is 4.89 Å². The van der Waals surface area contributed by atoms with Crippen LogP contribution in [0.4, 0.5) is 0 Å². The second kappa shape index (κ2) is 18.8. The summed E-state index contributed by atoms with van der Waals surface area (Å²) in [6.07, 6.45) is 13.8. The lowest BCUT2D eigenvalue weighted by molar-refractivity contribution is -0.180. The first-order valence-electron chi connectivity index (χ1n) is 7.34. The molecule has 5 N–H and O–H groups in total. The van der Waals surface area contributed by atoms with Crippen molar-refractivity contribution in [3.8, 4) is 0 Å². The number of unbranched alkanes of at least 4 members (excludes halogenated alkanes) is 9. The first-order chi connectivity index (χ1) is 9.50. The Bertz CT molecular complexity index is 240. The highest BCUT2D eigenvalue weighted by atomic mass is 32.2. The molecule has 0 spiro atoms.